The third-order valence-corrected chi connectivity index (χ3v) is 2.99. The van der Waals surface area contributed by atoms with Gasteiger partial charge in [0.1, 0.15) is 5.82 Å². The topological polar surface area (TPSA) is 98.7 Å². The minimum atomic E-state index is -0.552. The molecule has 0 radical (unpaired) electrons. The van der Waals surface area contributed by atoms with Gasteiger partial charge in [-0.3, -0.25) is 10.0 Å². The van der Waals surface area contributed by atoms with Crippen LogP contribution in [0, 0.1) is 0 Å². The van der Waals surface area contributed by atoms with E-state index in [1.54, 1.807) is 11.6 Å². The lowest BCUT2D eigenvalue weighted by molar-refractivity contribution is -0.124. The van der Waals surface area contributed by atoms with Crippen molar-refractivity contribution >= 4 is 23.0 Å². The fourth-order valence-corrected chi connectivity index (χ4v) is 2.06. The Bertz CT molecular complexity index is 645. The molecule has 0 saturated carbocycles. The largest absolute Gasteiger partial charge is 0.412 e. The molecule has 4 N–H and O–H groups in total. The summed E-state index contributed by atoms with van der Waals surface area (Å²) in [6, 6.07) is 5.81. The van der Waals surface area contributed by atoms with Gasteiger partial charge in [-0.25, -0.2) is 10.5 Å². The number of carbonyl (C=O) groups excluding carboxylic acids is 1. The summed E-state index contributed by atoms with van der Waals surface area (Å²) in [4.78, 5) is 15.5. The number of hydroxylamine groups is 1. The number of aromatic nitrogens is 2. The minimum absolute atomic E-state index is 0. The molecule has 0 saturated heterocycles. The van der Waals surface area contributed by atoms with Crippen LogP contribution in [0.3, 0.4) is 0 Å². The predicted molar refractivity (Wildman–Crippen MR) is 88.7 cm³/mol. The molecule has 0 bridgehead atoms. The minimum Gasteiger partial charge on any atom is -0.412 e. The highest BCUT2D eigenvalue weighted by Crippen LogP contribution is 2.21. The number of amides is 1. The van der Waals surface area contributed by atoms with Crippen molar-refractivity contribution in [2.75, 3.05) is 0 Å². The van der Waals surface area contributed by atoms with Crippen LogP contribution in [0.25, 0.3) is 17.1 Å². The van der Waals surface area contributed by atoms with Gasteiger partial charge in [0.15, 0.2) is 0 Å². The lowest BCUT2D eigenvalue weighted by Gasteiger charge is -2.04. The van der Waals surface area contributed by atoms with Crippen molar-refractivity contribution < 1.29 is 15.5 Å². The average molecular weight is 307 g/mol. The Labute approximate surface area is 130 Å². The molecule has 1 heterocycles. The summed E-state index contributed by atoms with van der Waals surface area (Å²) in [6.07, 6.45) is 2.90. The van der Waals surface area contributed by atoms with Gasteiger partial charge in [0.2, 0.25) is 0 Å². The first kappa shape index (κ1) is 19.8. The average Bonchev–Trinajstić information content (AvgIpc) is 2.83. The monoisotopic (exact) mass is 307 g/mol. The van der Waals surface area contributed by atoms with E-state index in [0.29, 0.717) is 5.92 Å². The Hall–Kier alpha value is -2.18. The molecule has 0 spiro atoms. The maximum Gasteiger partial charge on any atom is 0.267 e. The van der Waals surface area contributed by atoms with E-state index in [2.05, 4.69) is 23.4 Å². The maximum atomic E-state index is 10.9. The van der Waals surface area contributed by atoms with Gasteiger partial charge in [-0.15, -0.1) is 0 Å². The first-order valence-electron chi connectivity index (χ1n) is 7.11. The van der Waals surface area contributed by atoms with Crippen molar-refractivity contribution in [2.24, 2.45) is 7.05 Å². The van der Waals surface area contributed by atoms with Crippen molar-refractivity contribution in [3.63, 3.8) is 0 Å². The molecule has 1 amide bonds. The number of rotatable bonds is 3. The number of benzene rings is 1. The highest BCUT2D eigenvalue weighted by Gasteiger charge is 2.10. The number of fused-ring (bicyclic) bond motifs is 1. The van der Waals surface area contributed by atoms with Crippen molar-refractivity contribution in [1.82, 2.24) is 15.0 Å². The van der Waals surface area contributed by atoms with Crippen LogP contribution in [0.5, 0.6) is 0 Å². The van der Waals surface area contributed by atoms with Crippen molar-refractivity contribution in [2.45, 2.75) is 33.6 Å². The molecule has 0 fully saturated rings. The van der Waals surface area contributed by atoms with Gasteiger partial charge >= 0.3 is 0 Å². The van der Waals surface area contributed by atoms with Crippen molar-refractivity contribution in [3.05, 3.63) is 35.7 Å². The third-order valence-electron chi connectivity index (χ3n) is 2.99. The predicted octanol–water partition coefficient (Wildman–Crippen LogP) is 2.42. The van der Waals surface area contributed by atoms with E-state index >= 15 is 0 Å². The Morgan fingerprint density at radius 2 is 2.00 bits per heavy atom. The van der Waals surface area contributed by atoms with Gasteiger partial charge < -0.3 is 10.0 Å². The summed E-state index contributed by atoms with van der Waals surface area (Å²) in [5, 5.41) is 8.42. The van der Waals surface area contributed by atoms with Crippen LogP contribution in [0.1, 0.15) is 45.0 Å². The Kier molecular flexibility index (Phi) is 8.08. The Balaban J connectivity index is 0.00000141. The van der Waals surface area contributed by atoms with Gasteiger partial charge in [-0.2, -0.15) is 0 Å². The smallest absolute Gasteiger partial charge is 0.267 e. The standard InChI is InChI=1S/C14H17N3O2.C2H6.H2O/c1-9(2)14-15-11-8-10(5-7-13(18)16-19)4-6-12(11)17(14)3;1-2;/h4-9,19H,1-3H3,(H,16,18);1-2H3;1H2/b7-5+;;. The number of imidazole rings is 1. The van der Waals surface area contributed by atoms with E-state index < -0.39 is 5.91 Å². The zero-order chi connectivity index (χ0) is 16.0. The molecule has 1 aromatic heterocycles. The van der Waals surface area contributed by atoms with Gasteiger partial charge in [-0.05, 0) is 23.8 Å². The number of aryl methyl sites for hydroxylation is 1. The lowest BCUT2D eigenvalue weighted by atomic mass is 10.2. The summed E-state index contributed by atoms with van der Waals surface area (Å²) < 4.78 is 2.08. The number of hydrogen-bond donors (Lipinski definition) is 2. The zero-order valence-corrected chi connectivity index (χ0v) is 13.7. The second-order valence-corrected chi connectivity index (χ2v) is 4.74. The number of carbonyl (C=O) groups is 1. The first-order valence-corrected chi connectivity index (χ1v) is 7.11. The first-order chi connectivity index (χ1) is 10.0. The molecule has 0 aliphatic heterocycles. The molecule has 0 aliphatic rings. The van der Waals surface area contributed by atoms with Crippen LogP contribution in [0.4, 0.5) is 0 Å². The normalized spacial score (nSPS) is 10.3. The summed E-state index contributed by atoms with van der Waals surface area (Å²) in [5.41, 5.74) is 4.38. The summed E-state index contributed by atoms with van der Waals surface area (Å²) in [6.45, 7) is 8.21. The SMILES string of the molecule is CC.CC(C)c1nc2cc(/C=C/C(=O)NO)ccc2n1C.O. The molecule has 2 aromatic rings. The molecule has 2 rings (SSSR count). The second-order valence-electron chi connectivity index (χ2n) is 4.74. The van der Waals surface area contributed by atoms with Gasteiger partial charge in [0.25, 0.3) is 5.91 Å². The van der Waals surface area contributed by atoms with Crippen LogP contribution in [0.15, 0.2) is 24.3 Å². The fraction of sp³-hybridized carbons (Fsp3) is 0.375. The lowest BCUT2D eigenvalue weighted by Crippen LogP contribution is -2.14. The van der Waals surface area contributed by atoms with Crippen LogP contribution in [-0.4, -0.2) is 26.1 Å². The van der Waals surface area contributed by atoms with Crippen molar-refractivity contribution in [1.29, 1.82) is 0 Å². The Morgan fingerprint density at radius 3 is 2.55 bits per heavy atom. The van der Waals surface area contributed by atoms with E-state index in [1.165, 1.54) is 6.08 Å². The van der Waals surface area contributed by atoms with Gasteiger partial charge in [0, 0.05) is 19.0 Å². The number of hydrogen-bond acceptors (Lipinski definition) is 3. The second kappa shape index (κ2) is 8.96. The summed E-state index contributed by atoms with van der Waals surface area (Å²) in [5.74, 6) is 0.838. The third kappa shape index (κ3) is 4.41. The molecule has 22 heavy (non-hydrogen) atoms. The quantitative estimate of drug-likeness (QED) is 0.517. The van der Waals surface area contributed by atoms with E-state index in [-0.39, 0.29) is 5.48 Å². The Morgan fingerprint density at radius 1 is 1.36 bits per heavy atom. The van der Waals surface area contributed by atoms with E-state index in [1.807, 2.05) is 39.1 Å². The van der Waals surface area contributed by atoms with Crippen LogP contribution in [0.2, 0.25) is 0 Å². The van der Waals surface area contributed by atoms with Gasteiger partial charge in [-0.1, -0.05) is 33.8 Å². The van der Waals surface area contributed by atoms with Gasteiger partial charge in [0.05, 0.1) is 11.0 Å². The van der Waals surface area contributed by atoms with Crippen molar-refractivity contribution in [3.8, 4) is 0 Å². The molecule has 122 valence electrons. The zero-order valence-electron chi connectivity index (χ0n) is 13.7. The molecule has 0 atom stereocenters. The van der Waals surface area contributed by atoms with Crippen LogP contribution >= 0.6 is 0 Å². The fourth-order valence-electron chi connectivity index (χ4n) is 2.06. The highest BCUT2D eigenvalue weighted by molar-refractivity contribution is 5.91. The number of nitrogens with zero attached hydrogens (tertiary/aromatic N) is 2. The summed E-state index contributed by atoms with van der Waals surface area (Å²) in [7, 11) is 2.00. The van der Waals surface area contributed by atoms with Crippen LogP contribution < -0.4 is 5.48 Å². The molecular formula is C16H25N3O3. The van der Waals surface area contributed by atoms with Crippen LogP contribution in [-0.2, 0) is 11.8 Å². The molecule has 6 nitrogen and oxygen atoms in total. The molecular weight excluding hydrogens is 282 g/mol. The van der Waals surface area contributed by atoms with E-state index in [9.17, 15) is 4.79 Å². The summed E-state index contributed by atoms with van der Waals surface area (Å²) >= 11 is 0. The maximum absolute atomic E-state index is 10.9. The molecule has 0 unspecified atom stereocenters. The van der Waals surface area contributed by atoms with E-state index in [4.69, 9.17) is 5.21 Å². The molecule has 6 heteroatoms. The van der Waals surface area contributed by atoms with E-state index in [0.717, 1.165) is 22.4 Å². The molecule has 1 aromatic carbocycles. The molecule has 0 aliphatic carbocycles. The number of nitrogens with one attached hydrogen (secondary N) is 1. The highest BCUT2D eigenvalue weighted by atomic mass is 16.5.